The minimum absolute atomic E-state index is 0.183. The maximum Gasteiger partial charge on any atom is 0.321 e. The van der Waals surface area contributed by atoms with Gasteiger partial charge in [-0.05, 0) is 37.2 Å². The third-order valence-corrected chi connectivity index (χ3v) is 5.77. The van der Waals surface area contributed by atoms with Crippen LogP contribution in [0.15, 0.2) is 17.1 Å². The fourth-order valence-electron chi connectivity index (χ4n) is 2.91. The molecule has 0 bridgehead atoms. The summed E-state index contributed by atoms with van der Waals surface area (Å²) in [6.07, 6.45) is 20.9. The van der Waals surface area contributed by atoms with Crippen molar-refractivity contribution in [2.24, 2.45) is 10.7 Å². The van der Waals surface area contributed by atoms with Crippen LogP contribution in [0.1, 0.15) is 97.3 Å². The van der Waals surface area contributed by atoms with E-state index in [4.69, 9.17) is 5.73 Å². The second-order valence-electron chi connectivity index (χ2n) is 7.46. The van der Waals surface area contributed by atoms with Crippen LogP contribution >= 0.6 is 11.8 Å². The van der Waals surface area contributed by atoms with Gasteiger partial charge in [-0.2, -0.15) is 11.8 Å². The lowest BCUT2D eigenvalue weighted by Gasteiger charge is -2.07. The van der Waals surface area contributed by atoms with Crippen molar-refractivity contribution in [3.8, 4) is 0 Å². The lowest BCUT2D eigenvalue weighted by atomic mass is 10.1. The molecule has 6 heteroatoms. The van der Waals surface area contributed by atoms with E-state index in [1.54, 1.807) is 0 Å². The molecule has 0 saturated heterocycles. The Labute approximate surface area is 184 Å². The molecule has 0 atom stereocenters. The van der Waals surface area contributed by atoms with Gasteiger partial charge in [-0.3, -0.25) is 10.3 Å². The van der Waals surface area contributed by atoms with Crippen molar-refractivity contribution in [1.29, 1.82) is 0 Å². The second-order valence-corrected chi connectivity index (χ2v) is 8.69. The van der Waals surface area contributed by atoms with Gasteiger partial charge in [0, 0.05) is 13.1 Å². The molecule has 0 radical (unpaired) electrons. The number of carbonyl (C=O) groups is 1. The smallest absolute Gasteiger partial charge is 0.321 e. The summed E-state index contributed by atoms with van der Waals surface area (Å²) >= 11 is 1.99. The average Bonchev–Trinajstić information content (AvgIpc) is 2.70. The molecule has 0 aromatic rings. The lowest BCUT2D eigenvalue weighted by molar-refractivity contribution is 0.245. The summed E-state index contributed by atoms with van der Waals surface area (Å²) in [5, 5.41) is 5.40. The van der Waals surface area contributed by atoms with E-state index in [1.807, 2.05) is 11.8 Å². The Morgan fingerprint density at radius 3 is 2.17 bits per heavy atom. The molecule has 170 valence electrons. The maximum absolute atomic E-state index is 11.7. The van der Waals surface area contributed by atoms with Crippen molar-refractivity contribution >= 4 is 23.8 Å². The summed E-state index contributed by atoms with van der Waals surface area (Å²) < 4.78 is 0. The van der Waals surface area contributed by atoms with Crippen LogP contribution in [0.3, 0.4) is 0 Å². The first-order chi connectivity index (χ1) is 14.2. The first kappa shape index (κ1) is 27.8. The summed E-state index contributed by atoms with van der Waals surface area (Å²) in [6.45, 7) is 5.63. The van der Waals surface area contributed by atoms with Crippen LogP contribution in [0.25, 0.3) is 0 Å². The molecular formula is C23H46N4OS. The molecule has 0 aliphatic heterocycles. The van der Waals surface area contributed by atoms with Crippen LogP contribution in [0.2, 0.25) is 0 Å². The van der Waals surface area contributed by atoms with E-state index in [0.29, 0.717) is 13.1 Å². The number of hydrogen-bond acceptors (Lipinski definition) is 3. The van der Waals surface area contributed by atoms with Gasteiger partial charge in [0.1, 0.15) is 0 Å². The van der Waals surface area contributed by atoms with Gasteiger partial charge in [0.15, 0.2) is 5.96 Å². The zero-order chi connectivity index (χ0) is 21.4. The van der Waals surface area contributed by atoms with Crippen LogP contribution in [-0.2, 0) is 0 Å². The molecule has 2 amide bonds. The van der Waals surface area contributed by atoms with Crippen molar-refractivity contribution in [3.63, 3.8) is 0 Å². The average molecular weight is 427 g/mol. The third-order valence-electron chi connectivity index (χ3n) is 4.62. The number of amides is 2. The Kier molecular flexibility index (Phi) is 22.2. The number of nitrogens with one attached hydrogen (secondary N) is 2. The maximum atomic E-state index is 11.7. The number of nitrogens with zero attached hydrogens (tertiary/aromatic N) is 1. The fourth-order valence-corrected chi connectivity index (χ4v) is 3.87. The first-order valence-electron chi connectivity index (χ1n) is 11.8. The van der Waals surface area contributed by atoms with Gasteiger partial charge < -0.3 is 11.1 Å². The summed E-state index contributed by atoms with van der Waals surface area (Å²) in [5.74, 6) is 2.50. The molecule has 0 aliphatic rings. The number of rotatable bonds is 19. The van der Waals surface area contributed by atoms with E-state index in [-0.39, 0.29) is 12.0 Å². The second kappa shape index (κ2) is 23.1. The quantitative estimate of drug-likeness (QED) is 0.103. The predicted molar refractivity (Wildman–Crippen MR) is 131 cm³/mol. The minimum atomic E-state index is -0.268. The predicted octanol–water partition coefficient (Wildman–Crippen LogP) is 6.00. The number of nitrogens with two attached hydrogens (primary N) is 1. The zero-order valence-electron chi connectivity index (χ0n) is 19.0. The number of allylic oxidation sites excluding steroid dienone is 1. The highest BCUT2D eigenvalue weighted by atomic mass is 32.2. The van der Waals surface area contributed by atoms with Crippen molar-refractivity contribution in [3.05, 3.63) is 12.2 Å². The third kappa shape index (κ3) is 23.0. The zero-order valence-corrected chi connectivity index (χ0v) is 19.8. The van der Waals surface area contributed by atoms with Gasteiger partial charge >= 0.3 is 6.03 Å². The SMILES string of the molecule is CC/C=C/CCN=C(N)NC(=O)NCCCSCCCCCCCCCCCC. The van der Waals surface area contributed by atoms with Gasteiger partial charge in [0.25, 0.3) is 0 Å². The van der Waals surface area contributed by atoms with E-state index in [0.717, 1.165) is 25.0 Å². The normalized spacial score (nSPS) is 11.9. The molecule has 0 heterocycles. The highest BCUT2D eigenvalue weighted by Crippen LogP contribution is 2.12. The number of urea groups is 1. The monoisotopic (exact) mass is 426 g/mol. The van der Waals surface area contributed by atoms with Gasteiger partial charge in [-0.1, -0.05) is 83.8 Å². The Hall–Kier alpha value is -1.17. The number of unbranched alkanes of at least 4 members (excludes halogenated alkanes) is 9. The van der Waals surface area contributed by atoms with Gasteiger partial charge in [-0.25, -0.2) is 4.79 Å². The Bertz CT molecular complexity index is 427. The van der Waals surface area contributed by atoms with Crippen molar-refractivity contribution < 1.29 is 4.79 Å². The Morgan fingerprint density at radius 1 is 0.897 bits per heavy atom. The van der Waals surface area contributed by atoms with E-state index >= 15 is 0 Å². The minimum Gasteiger partial charge on any atom is -0.370 e. The van der Waals surface area contributed by atoms with Crippen LogP contribution in [0.5, 0.6) is 0 Å². The Balaban J connectivity index is 3.34. The molecule has 5 nitrogen and oxygen atoms in total. The molecule has 0 fully saturated rings. The van der Waals surface area contributed by atoms with E-state index in [2.05, 4.69) is 41.6 Å². The standard InChI is InChI=1S/C23H46N4OS/c1-3-5-7-9-10-11-12-13-14-16-20-29-21-17-19-26-23(28)27-22(24)25-18-15-8-6-4-2/h6,8H,3-5,7,9-21H2,1-2H3,(H4,24,25,26,27,28)/b8-6+. The summed E-state index contributed by atoms with van der Waals surface area (Å²) in [5.41, 5.74) is 5.70. The van der Waals surface area contributed by atoms with E-state index < -0.39 is 0 Å². The first-order valence-corrected chi connectivity index (χ1v) is 12.9. The number of hydrogen-bond donors (Lipinski definition) is 3. The van der Waals surface area contributed by atoms with E-state index in [1.165, 1.54) is 70.0 Å². The molecule has 0 unspecified atom stereocenters. The molecule has 0 saturated carbocycles. The number of guanidine groups is 1. The van der Waals surface area contributed by atoms with Gasteiger partial charge in [-0.15, -0.1) is 0 Å². The van der Waals surface area contributed by atoms with Gasteiger partial charge in [0.05, 0.1) is 0 Å². The molecule has 0 aliphatic carbocycles. The molecule has 0 aromatic heterocycles. The molecule has 29 heavy (non-hydrogen) atoms. The Morgan fingerprint density at radius 2 is 1.52 bits per heavy atom. The summed E-state index contributed by atoms with van der Waals surface area (Å²) in [4.78, 5) is 15.8. The number of thioether (sulfide) groups is 1. The molecule has 0 rings (SSSR count). The lowest BCUT2D eigenvalue weighted by Crippen LogP contribution is -2.43. The summed E-state index contributed by atoms with van der Waals surface area (Å²) in [6, 6.07) is -0.268. The largest absolute Gasteiger partial charge is 0.370 e. The molecule has 0 aromatic carbocycles. The molecule has 0 spiro atoms. The summed E-state index contributed by atoms with van der Waals surface area (Å²) in [7, 11) is 0. The van der Waals surface area contributed by atoms with Gasteiger partial charge in [0.2, 0.25) is 0 Å². The van der Waals surface area contributed by atoms with Crippen molar-refractivity contribution in [1.82, 2.24) is 10.6 Å². The van der Waals surface area contributed by atoms with Crippen LogP contribution < -0.4 is 16.4 Å². The van der Waals surface area contributed by atoms with Crippen molar-refractivity contribution in [2.75, 3.05) is 24.6 Å². The van der Waals surface area contributed by atoms with E-state index in [9.17, 15) is 4.79 Å². The highest BCUT2D eigenvalue weighted by molar-refractivity contribution is 7.99. The highest BCUT2D eigenvalue weighted by Gasteiger charge is 2.01. The number of carbonyl (C=O) groups excluding carboxylic acids is 1. The fraction of sp³-hybridized carbons (Fsp3) is 0.826. The van der Waals surface area contributed by atoms with Crippen LogP contribution in [0.4, 0.5) is 4.79 Å². The molecule has 4 N–H and O–H groups in total. The van der Waals surface area contributed by atoms with Crippen molar-refractivity contribution in [2.45, 2.75) is 97.3 Å². The van der Waals surface area contributed by atoms with Crippen LogP contribution in [0, 0.1) is 0 Å². The number of aliphatic imine (C=N–C) groups is 1. The van der Waals surface area contributed by atoms with Crippen LogP contribution in [-0.4, -0.2) is 36.6 Å². The molecular weight excluding hydrogens is 380 g/mol. The topological polar surface area (TPSA) is 79.5 Å².